The Morgan fingerprint density at radius 2 is 1.42 bits per heavy atom. The highest BCUT2D eigenvalue weighted by atomic mass is 79.9. The summed E-state index contributed by atoms with van der Waals surface area (Å²) in [6, 6.07) is 18.9. The summed E-state index contributed by atoms with van der Waals surface area (Å²) in [5, 5.41) is 2.71. The molecule has 4 rings (SSSR count). The number of sulfonamides is 2. The van der Waals surface area contributed by atoms with E-state index in [1.54, 1.807) is 48.5 Å². The van der Waals surface area contributed by atoms with Gasteiger partial charge < -0.3 is 10.1 Å². The number of anilines is 2. The van der Waals surface area contributed by atoms with Gasteiger partial charge in [-0.2, -0.15) is 4.31 Å². The Hall–Kier alpha value is -2.77. The van der Waals surface area contributed by atoms with E-state index in [1.807, 2.05) is 0 Å². The van der Waals surface area contributed by atoms with E-state index in [2.05, 4.69) is 26.0 Å². The van der Waals surface area contributed by atoms with Crippen molar-refractivity contribution in [2.45, 2.75) is 10.6 Å². The lowest BCUT2D eigenvalue weighted by Crippen LogP contribution is -2.41. The number of nitrogens with one attached hydrogen (secondary N) is 2. The first kappa shape index (κ1) is 26.3. The number of nitrogens with zero attached hydrogens (tertiary/aromatic N) is 1. The highest BCUT2D eigenvalue weighted by Gasteiger charge is 2.24. The van der Waals surface area contributed by atoms with E-state index in [9.17, 15) is 21.6 Å². The van der Waals surface area contributed by atoms with E-state index in [4.69, 9.17) is 4.74 Å². The van der Waals surface area contributed by atoms with Gasteiger partial charge in [-0.3, -0.25) is 9.52 Å². The Morgan fingerprint density at radius 3 is 2.03 bits per heavy atom. The zero-order chi connectivity index (χ0) is 25.8. The molecule has 9 nitrogen and oxygen atoms in total. The summed E-state index contributed by atoms with van der Waals surface area (Å²) in [7, 11) is -7.25. The molecule has 36 heavy (non-hydrogen) atoms. The predicted octanol–water partition coefficient (Wildman–Crippen LogP) is 3.66. The maximum atomic E-state index is 12.6. The summed E-state index contributed by atoms with van der Waals surface area (Å²) >= 11 is 3.30. The summed E-state index contributed by atoms with van der Waals surface area (Å²) in [6.07, 6.45) is 0. The van der Waals surface area contributed by atoms with Crippen molar-refractivity contribution in [2.24, 2.45) is 0 Å². The highest BCUT2D eigenvalue weighted by Crippen LogP contribution is 2.21. The van der Waals surface area contributed by atoms with Crippen LogP contribution in [0, 0.1) is 0 Å². The topological polar surface area (TPSA) is 122 Å². The number of morpholine rings is 1. The first-order valence-corrected chi connectivity index (χ1v) is 14.9. The minimum atomic E-state index is -3.79. The molecule has 3 aromatic carbocycles. The molecular formula is C24H24BrN3O6S2. The van der Waals surface area contributed by atoms with E-state index >= 15 is 0 Å². The smallest absolute Gasteiger partial charge is 0.261 e. The lowest BCUT2D eigenvalue weighted by Gasteiger charge is -2.26. The zero-order valence-corrected chi connectivity index (χ0v) is 22.3. The molecule has 0 spiro atoms. The van der Waals surface area contributed by atoms with Crippen LogP contribution in [0.3, 0.4) is 0 Å². The molecule has 3 aromatic rings. The molecule has 0 atom stereocenters. The van der Waals surface area contributed by atoms with E-state index in [0.717, 1.165) is 4.47 Å². The van der Waals surface area contributed by atoms with Crippen LogP contribution in [0.4, 0.5) is 11.4 Å². The van der Waals surface area contributed by atoms with Crippen LogP contribution < -0.4 is 10.0 Å². The molecule has 1 fully saturated rings. The van der Waals surface area contributed by atoms with Crippen molar-refractivity contribution in [3.63, 3.8) is 0 Å². The molecule has 2 N–H and O–H groups in total. The van der Waals surface area contributed by atoms with Gasteiger partial charge >= 0.3 is 0 Å². The number of amides is 1. The molecule has 0 aromatic heterocycles. The average Bonchev–Trinajstić information content (AvgIpc) is 2.86. The van der Waals surface area contributed by atoms with Crippen molar-refractivity contribution >= 4 is 53.3 Å². The van der Waals surface area contributed by atoms with Crippen LogP contribution in [-0.2, 0) is 30.5 Å². The maximum Gasteiger partial charge on any atom is 0.261 e. The summed E-state index contributed by atoms with van der Waals surface area (Å²) in [5.74, 6) is -0.555. The number of rotatable bonds is 8. The molecule has 0 saturated carbocycles. The lowest BCUT2D eigenvalue weighted by atomic mass is 10.1. The van der Waals surface area contributed by atoms with Crippen LogP contribution in [-0.4, -0.2) is 53.4 Å². The molecule has 190 valence electrons. The highest BCUT2D eigenvalue weighted by molar-refractivity contribution is 9.10. The molecule has 0 unspecified atom stereocenters. The second-order valence-electron chi connectivity index (χ2n) is 8.06. The molecule has 1 aliphatic heterocycles. The normalized spacial score (nSPS) is 14.8. The summed E-state index contributed by atoms with van der Waals surface area (Å²) in [6.45, 7) is 1.44. The van der Waals surface area contributed by atoms with Gasteiger partial charge in [-0.1, -0.05) is 28.1 Å². The number of carbonyl (C=O) groups excluding carboxylic acids is 1. The maximum absolute atomic E-state index is 12.6. The number of ether oxygens (including phenoxy) is 1. The number of halogens is 1. The minimum Gasteiger partial charge on any atom is -0.379 e. The Morgan fingerprint density at radius 1 is 0.833 bits per heavy atom. The third kappa shape index (κ3) is 6.71. The third-order valence-electron chi connectivity index (χ3n) is 5.45. The van der Waals surface area contributed by atoms with Gasteiger partial charge in [0.25, 0.3) is 15.9 Å². The molecular weight excluding hydrogens is 570 g/mol. The van der Waals surface area contributed by atoms with Gasteiger partial charge in [0.05, 0.1) is 23.9 Å². The summed E-state index contributed by atoms with van der Waals surface area (Å²) < 4.78 is 60.3. The quantitative estimate of drug-likeness (QED) is 0.411. The molecule has 1 aliphatic rings. The standard InChI is InChI=1S/C24H24BrN3O6S2/c25-20-5-7-22(8-6-20)27-36(32,33)23-11-9-21(10-12-23)26-24(29)19-3-1-18(2-4-19)17-35(30,31)28-13-15-34-16-14-28/h1-12,27H,13-17H2,(H,26,29). The number of hydrogen-bond donors (Lipinski definition) is 2. The molecule has 1 heterocycles. The van der Waals surface area contributed by atoms with Gasteiger partial charge in [0.1, 0.15) is 0 Å². The second kappa shape index (κ2) is 11.1. The average molecular weight is 595 g/mol. The van der Waals surface area contributed by atoms with Gasteiger partial charge in [0.15, 0.2) is 0 Å². The Kier molecular flexibility index (Phi) is 8.10. The van der Waals surface area contributed by atoms with Gasteiger partial charge in [-0.15, -0.1) is 0 Å². The van der Waals surface area contributed by atoms with Crippen molar-refractivity contribution in [2.75, 3.05) is 36.3 Å². The Balaban J connectivity index is 1.37. The van der Waals surface area contributed by atoms with Crippen molar-refractivity contribution in [3.8, 4) is 0 Å². The number of hydrogen-bond acceptors (Lipinski definition) is 6. The van der Waals surface area contributed by atoms with E-state index in [-0.39, 0.29) is 10.6 Å². The summed E-state index contributed by atoms with van der Waals surface area (Å²) in [4.78, 5) is 12.7. The van der Waals surface area contributed by atoms with Crippen molar-refractivity contribution < 1.29 is 26.4 Å². The monoisotopic (exact) mass is 593 g/mol. The minimum absolute atomic E-state index is 0.0502. The Labute approximate surface area is 218 Å². The largest absolute Gasteiger partial charge is 0.379 e. The zero-order valence-electron chi connectivity index (χ0n) is 19.1. The molecule has 0 bridgehead atoms. The van der Waals surface area contributed by atoms with Crippen molar-refractivity contribution in [3.05, 3.63) is 88.4 Å². The van der Waals surface area contributed by atoms with Gasteiger partial charge in [-0.25, -0.2) is 16.8 Å². The van der Waals surface area contributed by atoms with Crippen LogP contribution in [0.2, 0.25) is 0 Å². The Bertz CT molecular complexity index is 1420. The van der Waals surface area contributed by atoms with E-state index in [0.29, 0.717) is 48.8 Å². The fourth-order valence-corrected chi connectivity index (χ4v) is 6.36. The fraction of sp³-hybridized carbons (Fsp3) is 0.208. The first-order valence-electron chi connectivity index (χ1n) is 11.0. The van der Waals surface area contributed by atoms with Gasteiger partial charge in [0.2, 0.25) is 10.0 Å². The van der Waals surface area contributed by atoms with Crippen LogP contribution in [0.15, 0.2) is 82.2 Å². The van der Waals surface area contributed by atoms with E-state index < -0.39 is 26.0 Å². The van der Waals surface area contributed by atoms with Crippen LogP contribution in [0.5, 0.6) is 0 Å². The third-order valence-corrected chi connectivity index (χ3v) is 9.22. The fourth-order valence-electron chi connectivity index (χ4n) is 3.53. The van der Waals surface area contributed by atoms with Gasteiger partial charge in [0, 0.05) is 34.5 Å². The summed E-state index contributed by atoms with van der Waals surface area (Å²) in [5.41, 5.74) is 1.76. The van der Waals surface area contributed by atoms with Crippen LogP contribution >= 0.6 is 15.9 Å². The lowest BCUT2D eigenvalue weighted by molar-refractivity contribution is 0.0729. The molecule has 12 heteroatoms. The molecule has 1 amide bonds. The predicted molar refractivity (Wildman–Crippen MR) is 141 cm³/mol. The van der Waals surface area contributed by atoms with E-state index in [1.165, 1.54) is 28.6 Å². The van der Waals surface area contributed by atoms with Crippen LogP contribution in [0.25, 0.3) is 0 Å². The molecule has 1 saturated heterocycles. The second-order valence-corrected chi connectivity index (χ2v) is 12.6. The van der Waals surface area contributed by atoms with Crippen molar-refractivity contribution in [1.82, 2.24) is 4.31 Å². The van der Waals surface area contributed by atoms with Gasteiger partial charge in [-0.05, 0) is 66.2 Å². The SMILES string of the molecule is O=C(Nc1ccc(S(=O)(=O)Nc2ccc(Br)cc2)cc1)c1ccc(CS(=O)(=O)N2CCOCC2)cc1. The van der Waals surface area contributed by atoms with Crippen molar-refractivity contribution in [1.29, 1.82) is 0 Å². The first-order chi connectivity index (χ1) is 17.1. The number of benzene rings is 3. The molecule has 0 aliphatic carbocycles. The van der Waals surface area contributed by atoms with Crippen LogP contribution in [0.1, 0.15) is 15.9 Å². The molecule has 0 radical (unpaired) electrons. The number of carbonyl (C=O) groups is 1.